The van der Waals surface area contributed by atoms with Gasteiger partial charge in [-0.25, -0.2) is 0 Å². The molecule has 0 unspecified atom stereocenters. The van der Waals surface area contributed by atoms with Crippen LogP contribution in [0.1, 0.15) is 0 Å². The van der Waals surface area contributed by atoms with Crippen LogP contribution in [0.2, 0.25) is 0 Å². The number of imide groups is 1. The number of rotatable bonds is 4. The highest BCUT2D eigenvalue weighted by molar-refractivity contribution is 5.97. The lowest BCUT2D eigenvalue weighted by atomic mass is 10.4. The fraction of sp³-hybridized carbons (Fsp3) is 0.429. The highest BCUT2D eigenvalue weighted by atomic mass is 16.2. The van der Waals surface area contributed by atoms with Crippen molar-refractivity contribution in [2.45, 2.75) is 0 Å². The van der Waals surface area contributed by atoms with Crippen molar-refractivity contribution in [1.29, 1.82) is 0 Å². The van der Waals surface area contributed by atoms with Crippen LogP contribution in [0.3, 0.4) is 0 Å². The van der Waals surface area contributed by atoms with Crippen molar-refractivity contribution >= 4 is 11.8 Å². The van der Waals surface area contributed by atoms with E-state index in [0.717, 1.165) is 4.90 Å². The van der Waals surface area contributed by atoms with E-state index in [0.29, 0.717) is 0 Å². The summed E-state index contributed by atoms with van der Waals surface area (Å²) in [5.74, 6) is -0.879. The second-order valence-electron chi connectivity index (χ2n) is 2.10. The Morgan fingerprint density at radius 1 is 1.25 bits per heavy atom. The molecule has 0 aliphatic carbocycles. The van der Waals surface area contributed by atoms with Crippen LogP contribution in [0.4, 0.5) is 0 Å². The molecule has 4 N–H and O–H groups in total. The maximum atomic E-state index is 11.0. The van der Waals surface area contributed by atoms with E-state index in [9.17, 15) is 9.59 Å². The molecule has 0 aromatic carbocycles. The normalized spacial score (nSPS) is 9.17. The summed E-state index contributed by atoms with van der Waals surface area (Å²) in [4.78, 5) is 22.9. The summed E-state index contributed by atoms with van der Waals surface area (Å²) >= 11 is 0. The molecule has 0 radical (unpaired) electrons. The van der Waals surface area contributed by atoms with Gasteiger partial charge >= 0.3 is 0 Å². The molecule has 0 aromatic rings. The van der Waals surface area contributed by atoms with E-state index in [1.807, 2.05) is 0 Å². The van der Waals surface area contributed by atoms with Gasteiger partial charge in [0.05, 0.1) is 13.1 Å². The quantitative estimate of drug-likeness (QED) is 0.501. The molecule has 5 heteroatoms. The number of hydrogen-bond acceptors (Lipinski definition) is 4. The average Bonchev–Trinajstić information content (AvgIpc) is 2.11. The maximum absolute atomic E-state index is 11.0. The molecule has 0 heterocycles. The van der Waals surface area contributed by atoms with Crippen molar-refractivity contribution in [3.8, 4) is 0 Å². The second-order valence-corrected chi connectivity index (χ2v) is 2.10. The predicted molar refractivity (Wildman–Crippen MR) is 45.0 cm³/mol. The van der Waals surface area contributed by atoms with E-state index < -0.39 is 11.8 Å². The van der Waals surface area contributed by atoms with Crippen LogP contribution < -0.4 is 11.5 Å². The summed E-state index contributed by atoms with van der Waals surface area (Å²) in [6.07, 6.45) is 1.45. The SMILES string of the molecule is C=CCN(C(=O)CN)C(=O)CN. The van der Waals surface area contributed by atoms with E-state index in [1.165, 1.54) is 6.08 Å². The molecular weight excluding hydrogens is 158 g/mol. The smallest absolute Gasteiger partial charge is 0.243 e. The molecule has 0 aromatic heterocycles. The number of carbonyl (C=O) groups is 2. The van der Waals surface area contributed by atoms with Crippen LogP contribution in [0, 0.1) is 0 Å². The Hall–Kier alpha value is -1.20. The highest BCUT2D eigenvalue weighted by Crippen LogP contribution is 1.89. The summed E-state index contributed by atoms with van der Waals surface area (Å²) in [5.41, 5.74) is 10.2. The summed E-state index contributed by atoms with van der Waals surface area (Å²) in [5, 5.41) is 0. The van der Waals surface area contributed by atoms with Gasteiger partial charge in [-0.1, -0.05) is 6.08 Å². The van der Waals surface area contributed by atoms with Crippen LogP contribution >= 0.6 is 0 Å². The summed E-state index contributed by atoms with van der Waals surface area (Å²) in [6, 6.07) is 0. The van der Waals surface area contributed by atoms with Crippen molar-refractivity contribution in [3.05, 3.63) is 12.7 Å². The van der Waals surface area contributed by atoms with E-state index in [2.05, 4.69) is 6.58 Å². The number of nitrogens with two attached hydrogens (primary N) is 2. The first-order chi connectivity index (χ1) is 5.67. The van der Waals surface area contributed by atoms with Gasteiger partial charge in [-0.3, -0.25) is 14.5 Å². The molecule has 0 aliphatic rings. The minimum atomic E-state index is -0.439. The van der Waals surface area contributed by atoms with Gasteiger partial charge in [0.15, 0.2) is 0 Å². The van der Waals surface area contributed by atoms with Crippen LogP contribution in [0.5, 0.6) is 0 Å². The molecule has 2 amide bonds. The Balaban J connectivity index is 4.31. The molecule has 5 nitrogen and oxygen atoms in total. The van der Waals surface area contributed by atoms with Gasteiger partial charge in [0.2, 0.25) is 11.8 Å². The third kappa shape index (κ3) is 2.81. The molecule has 0 atom stereocenters. The van der Waals surface area contributed by atoms with Gasteiger partial charge in [-0.15, -0.1) is 6.58 Å². The fourth-order valence-corrected chi connectivity index (χ4v) is 0.692. The molecule has 0 spiro atoms. The number of hydrogen-bond donors (Lipinski definition) is 2. The molecule has 0 fully saturated rings. The topological polar surface area (TPSA) is 89.4 Å². The zero-order chi connectivity index (χ0) is 9.56. The van der Waals surface area contributed by atoms with Crippen molar-refractivity contribution in [3.63, 3.8) is 0 Å². The maximum Gasteiger partial charge on any atom is 0.243 e. The van der Waals surface area contributed by atoms with Crippen LogP contribution in [0.25, 0.3) is 0 Å². The van der Waals surface area contributed by atoms with Crippen LogP contribution in [-0.4, -0.2) is 36.3 Å². The van der Waals surface area contributed by atoms with Crippen molar-refractivity contribution in [2.75, 3.05) is 19.6 Å². The second kappa shape index (κ2) is 5.45. The summed E-state index contributed by atoms with van der Waals surface area (Å²) < 4.78 is 0. The highest BCUT2D eigenvalue weighted by Gasteiger charge is 2.16. The monoisotopic (exact) mass is 171 g/mol. The molecule has 0 saturated heterocycles. The first-order valence-corrected chi connectivity index (χ1v) is 3.51. The molecule has 12 heavy (non-hydrogen) atoms. The van der Waals surface area contributed by atoms with Gasteiger partial charge in [0, 0.05) is 6.54 Å². The van der Waals surface area contributed by atoms with Crippen LogP contribution in [-0.2, 0) is 9.59 Å². The molecule has 68 valence electrons. The lowest BCUT2D eigenvalue weighted by molar-refractivity contribution is -0.142. The number of carbonyl (C=O) groups excluding carboxylic acids is 2. The van der Waals surface area contributed by atoms with Crippen LogP contribution in [0.15, 0.2) is 12.7 Å². The minimum Gasteiger partial charge on any atom is -0.322 e. The molecule has 0 saturated carbocycles. The number of amides is 2. The first kappa shape index (κ1) is 10.8. The van der Waals surface area contributed by atoms with Gasteiger partial charge in [0.1, 0.15) is 0 Å². The first-order valence-electron chi connectivity index (χ1n) is 3.51. The molecule has 0 rings (SSSR count). The predicted octanol–water partition coefficient (Wildman–Crippen LogP) is -1.55. The average molecular weight is 171 g/mol. The van der Waals surface area contributed by atoms with Gasteiger partial charge in [0.25, 0.3) is 0 Å². The van der Waals surface area contributed by atoms with Crippen molar-refractivity contribution in [1.82, 2.24) is 4.90 Å². The minimum absolute atomic E-state index is 0.159. The lowest BCUT2D eigenvalue weighted by Crippen LogP contribution is -2.43. The zero-order valence-electron chi connectivity index (χ0n) is 6.82. The summed E-state index contributed by atoms with van der Waals surface area (Å²) in [6.45, 7) is 3.18. The third-order valence-corrected chi connectivity index (χ3v) is 1.26. The lowest BCUT2D eigenvalue weighted by Gasteiger charge is -2.16. The van der Waals surface area contributed by atoms with E-state index in [1.54, 1.807) is 0 Å². The zero-order valence-corrected chi connectivity index (χ0v) is 6.82. The van der Waals surface area contributed by atoms with E-state index >= 15 is 0 Å². The van der Waals surface area contributed by atoms with Crippen molar-refractivity contribution < 1.29 is 9.59 Å². The fourth-order valence-electron chi connectivity index (χ4n) is 0.692. The Morgan fingerprint density at radius 3 is 1.92 bits per heavy atom. The van der Waals surface area contributed by atoms with Crippen molar-refractivity contribution in [2.24, 2.45) is 11.5 Å². The molecular formula is C7H13N3O2. The van der Waals surface area contributed by atoms with Gasteiger partial charge < -0.3 is 11.5 Å². The van der Waals surface area contributed by atoms with E-state index in [-0.39, 0.29) is 19.6 Å². The van der Waals surface area contributed by atoms with Gasteiger partial charge in [-0.2, -0.15) is 0 Å². The third-order valence-electron chi connectivity index (χ3n) is 1.26. The largest absolute Gasteiger partial charge is 0.322 e. The summed E-state index contributed by atoms with van der Waals surface area (Å²) in [7, 11) is 0. The Labute approximate surface area is 71.0 Å². The molecule has 0 aliphatic heterocycles. The molecule has 0 bridgehead atoms. The van der Waals surface area contributed by atoms with Gasteiger partial charge in [-0.05, 0) is 0 Å². The Bertz CT molecular complexity index is 175. The number of nitrogens with zero attached hydrogens (tertiary/aromatic N) is 1. The standard InChI is InChI=1S/C7H13N3O2/c1-2-3-10(6(11)4-8)7(12)5-9/h2H,1,3-5,8-9H2. The Morgan fingerprint density at radius 2 is 1.67 bits per heavy atom. The Kier molecular flexibility index (Phi) is 4.91. The van der Waals surface area contributed by atoms with E-state index in [4.69, 9.17) is 11.5 Å².